The van der Waals surface area contributed by atoms with Crippen LogP contribution in [0.1, 0.15) is 31.1 Å². The Bertz CT molecular complexity index is 398. The summed E-state index contributed by atoms with van der Waals surface area (Å²) in [6.07, 6.45) is 2.03. The molecule has 1 rings (SSSR count). The zero-order valence-electron chi connectivity index (χ0n) is 9.89. The Kier molecular flexibility index (Phi) is 4.03. The van der Waals surface area contributed by atoms with Crippen molar-refractivity contribution >= 4 is 12.1 Å². The van der Waals surface area contributed by atoms with E-state index in [-0.39, 0.29) is 5.56 Å². The third kappa shape index (κ3) is 4.96. The third-order valence-electron chi connectivity index (χ3n) is 1.52. The SMILES string of the molecule is CC(C)(C)OC(=O)NOC(=O)c1cccnc1. The van der Waals surface area contributed by atoms with Crippen LogP contribution in [0, 0.1) is 0 Å². The van der Waals surface area contributed by atoms with E-state index in [2.05, 4.69) is 9.82 Å². The lowest BCUT2D eigenvalue weighted by Crippen LogP contribution is -2.34. The van der Waals surface area contributed by atoms with Crippen molar-refractivity contribution in [3.8, 4) is 0 Å². The Morgan fingerprint density at radius 2 is 2.06 bits per heavy atom. The van der Waals surface area contributed by atoms with E-state index in [0.717, 1.165) is 0 Å². The molecule has 0 bridgehead atoms. The van der Waals surface area contributed by atoms with Crippen molar-refractivity contribution in [2.45, 2.75) is 26.4 Å². The van der Waals surface area contributed by atoms with Gasteiger partial charge < -0.3 is 9.57 Å². The van der Waals surface area contributed by atoms with Gasteiger partial charge in [0.2, 0.25) is 0 Å². The second-order valence-electron chi connectivity index (χ2n) is 4.24. The van der Waals surface area contributed by atoms with E-state index in [1.165, 1.54) is 18.5 Å². The predicted molar refractivity (Wildman–Crippen MR) is 59.0 cm³/mol. The number of carbonyl (C=O) groups is 2. The summed E-state index contributed by atoms with van der Waals surface area (Å²) in [4.78, 5) is 30.8. The van der Waals surface area contributed by atoms with Crippen LogP contribution in [0.3, 0.4) is 0 Å². The maximum absolute atomic E-state index is 11.4. The molecule has 0 aliphatic carbocycles. The molecule has 0 aliphatic rings. The Hall–Kier alpha value is -2.11. The molecule has 0 aliphatic heterocycles. The zero-order valence-corrected chi connectivity index (χ0v) is 9.89. The molecule has 6 nitrogen and oxygen atoms in total. The first-order chi connectivity index (χ1) is 7.88. The standard InChI is InChI=1S/C11H14N2O4/c1-11(2,3)16-10(15)13-17-9(14)8-5-4-6-12-7-8/h4-7H,1-3H3,(H,13,15). The molecule has 1 N–H and O–H groups in total. The topological polar surface area (TPSA) is 77.5 Å². The van der Waals surface area contributed by atoms with Gasteiger partial charge in [-0.2, -0.15) is 0 Å². The van der Waals surface area contributed by atoms with Gasteiger partial charge in [0.05, 0.1) is 5.56 Å². The third-order valence-corrected chi connectivity index (χ3v) is 1.52. The van der Waals surface area contributed by atoms with Crippen molar-refractivity contribution in [3.63, 3.8) is 0 Å². The van der Waals surface area contributed by atoms with Crippen LogP contribution >= 0.6 is 0 Å². The van der Waals surface area contributed by atoms with Crippen LogP contribution in [-0.2, 0) is 9.57 Å². The zero-order chi connectivity index (χ0) is 12.9. The summed E-state index contributed by atoms with van der Waals surface area (Å²) < 4.78 is 4.88. The van der Waals surface area contributed by atoms with Crippen molar-refractivity contribution in [2.24, 2.45) is 0 Å². The van der Waals surface area contributed by atoms with Gasteiger partial charge in [0.25, 0.3) is 0 Å². The van der Waals surface area contributed by atoms with Gasteiger partial charge in [0, 0.05) is 12.4 Å². The molecule has 0 unspecified atom stereocenters. The number of nitrogens with zero attached hydrogens (tertiary/aromatic N) is 1. The molecular weight excluding hydrogens is 224 g/mol. The molecule has 92 valence electrons. The molecule has 0 saturated heterocycles. The Labute approximate surface area is 98.9 Å². The molecule has 17 heavy (non-hydrogen) atoms. The van der Waals surface area contributed by atoms with Gasteiger partial charge in [-0.3, -0.25) is 4.98 Å². The van der Waals surface area contributed by atoms with Gasteiger partial charge in [-0.1, -0.05) is 0 Å². The summed E-state index contributed by atoms with van der Waals surface area (Å²) in [5, 5.41) is 0. The van der Waals surface area contributed by atoms with E-state index in [0.29, 0.717) is 0 Å². The number of amides is 1. The average Bonchev–Trinajstić information content (AvgIpc) is 2.25. The van der Waals surface area contributed by atoms with Gasteiger partial charge in [-0.05, 0) is 32.9 Å². The highest BCUT2D eigenvalue weighted by atomic mass is 16.7. The molecule has 1 amide bonds. The fraction of sp³-hybridized carbons (Fsp3) is 0.364. The van der Waals surface area contributed by atoms with Crippen LogP contribution in [0.2, 0.25) is 0 Å². The molecule has 0 atom stereocenters. The maximum atomic E-state index is 11.4. The van der Waals surface area contributed by atoms with E-state index < -0.39 is 17.7 Å². The average molecular weight is 238 g/mol. The number of pyridine rings is 1. The highest BCUT2D eigenvalue weighted by Gasteiger charge is 2.17. The van der Waals surface area contributed by atoms with Crippen molar-refractivity contribution in [2.75, 3.05) is 0 Å². The first-order valence-electron chi connectivity index (χ1n) is 4.99. The lowest BCUT2D eigenvalue weighted by atomic mass is 10.2. The van der Waals surface area contributed by atoms with Crippen molar-refractivity contribution < 1.29 is 19.2 Å². The fourth-order valence-electron chi connectivity index (χ4n) is 0.929. The van der Waals surface area contributed by atoms with Crippen molar-refractivity contribution in [1.82, 2.24) is 10.5 Å². The number of hydrogen-bond donors (Lipinski definition) is 1. The molecule has 1 aromatic rings. The normalized spacial score (nSPS) is 10.5. The van der Waals surface area contributed by atoms with Crippen LogP contribution in [-0.4, -0.2) is 22.6 Å². The molecular formula is C11H14N2O4. The Morgan fingerprint density at radius 3 is 2.59 bits per heavy atom. The van der Waals surface area contributed by atoms with Crippen molar-refractivity contribution in [3.05, 3.63) is 30.1 Å². The first kappa shape index (κ1) is 13.0. The number of rotatable bonds is 1. The van der Waals surface area contributed by atoms with Crippen LogP contribution in [0.5, 0.6) is 0 Å². The molecule has 0 aromatic carbocycles. The van der Waals surface area contributed by atoms with Crippen molar-refractivity contribution in [1.29, 1.82) is 0 Å². The number of carbonyl (C=O) groups excluding carboxylic acids is 2. The minimum Gasteiger partial charge on any atom is -0.442 e. The lowest BCUT2D eigenvalue weighted by molar-refractivity contribution is -0.00132. The molecule has 0 saturated carbocycles. The van der Waals surface area contributed by atoms with E-state index in [1.54, 1.807) is 26.8 Å². The van der Waals surface area contributed by atoms with Gasteiger partial charge in [0.15, 0.2) is 0 Å². The number of ether oxygens (including phenoxy) is 1. The summed E-state index contributed by atoms with van der Waals surface area (Å²) in [5.41, 5.74) is 1.49. The van der Waals surface area contributed by atoms with E-state index in [4.69, 9.17) is 4.74 Å². The molecule has 0 spiro atoms. The molecule has 6 heteroatoms. The fourth-order valence-corrected chi connectivity index (χ4v) is 0.929. The van der Waals surface area contributed by atoms with Gasteiger partial charge >= 0.3 is 12.1 Å². The largest absolute Gasteiger partial charge is 0.442 e. The van der Waals surface area contributed by atoms with Crippen LogP contribution in [0.25, 0.3) is 0 Å². The number of hydrogen-bond acceptors (Lipinski definition) is 5. The first-order valence-corrected chi connectivity index (χ1v) is 4.99. The highest BCUT2D eigenvalue weighted by molar-refractivity contribution is 5.89. The van der Waals surface area contributed by atoms with Gasteiger partial charge in [-0.15, -0.1) is 5.48 Å². The number of hydroxylamine groups is 1. The molecule has 0 radical (unpaired) electrons. The summed E-state index contributed by atoms with van der Waals surface area (Å²) in [6, 6.07) is 3.11. The summed E-state index contributed by atoms with van der Waals surface area (Å²) in [5.74, 6) is -0.705. The Balaban J connectivity index is 2.42. The molecule has 1 heterocycles. The summed E-state index contributed by atoms with van der Waals surface area (Å²) in [7, 11) is 0. The monoisotopic (exact) mass is 238 g/mol. The molecule has 0 fully saturated rings. The van der Waals surface area contributed by atoms with Crippen LogP contribution in [0.15, 0.2) is 24.5 Å². The van der Waals surface area contributed by atoms with Crippen LogP contribution in [0.4, 0.5) is 4.79 Å². The number of aromatic nitrogens is 1. The van der Waals surface area contributed by atoms with E-state index in [1.807, 2.05) is 5.48 Å². The number of nitrogens with one attached hydrogen (secondary N) is 1. The second kappa shape index (κ2) is 5.29. The van der Waals surface area contributed by atoms with Gasteiger partial charge in [-0.25, -0.2) is 9.59 Å². The quantitative estimate of drug-likeness (QED) is 0.753. The van der Waals surface area contributed by atoms with Crippen LogP contribution < -0.4 is 5.48 Å². The summed E-state index contributed by atoms with van der Waals surface area (Å²) in [6.45, 7) is 5.11. The Morgan fingerprint density at radius 1 is 1.35 bits per heavy atom. The summed E-state index contributed by atoms with van der Waals surface area (Å²) >= 11 is 0. The second-order valence-corrected chi connectivity index (χ2v) is 4.24. The van der Waals surface area contributed by atoms with Gasteiger partial charge in [0.1, 0.15) is 5.60 Å². The van der Waals surface area contributed by atoms with E-state index >= 15 is 0 Å². The smallest absolute Gasteiger partial charge is 0.441 e. The highest BCUT2D eigenvalue weighted by Crippen LogP contribution is 2.06. The lowest BCUT2D eigenvalue weighted by Gasteiger charge is -2.19. The minimum atomic E-state index is -0.824. The molecule has 1 aromatic heterocycles. The minimum absolute atomic E-state index is 0.239. The maximum Gasteiger partial charge on any atom is 0.441 e. The predicted octanol–water partition coefficient (Wildman–Crippen LogP) is 1.68. The van der Waals surface area contributed by atoms with E-state index in [9.17, 15) is 9.59 Å².